The fourth-order valence-electron chi connectivity index (χ4n) is 3.28. The standard InChI is InChI=1S/C15H19NO4S/c17-15(18)14-6-1-2-9-16(14)21(19,20)13-8-7-11-4-3-5-12(11)10-13/h7-8,10,14H,1-6,9H2,(H,17,18)/t14-/m1/s1. The lowest BCUT2D eigenvalue weighted by atomic mass is 10.1. The monoisotopic (exact) mass is 309 g/mol. The summed E-state index contributed by atoms with van der Waals surface area (Å²) in [6.07, 6.45) is 4.82. The first kappa shape index (κ1) is 14.5. The van der Waals surface area contributed by atoms with E-state index in [1.54, 1.807) is 12.1 Å². The molecule has 1 heterocycles. The van der Waals surface area contributed by atoms with Crippen molar-refractivity contribution in [1.82, 2.24) is 4.31 Å². The van der Waals surface area contributed by atoms with E-state index in [9.17, 15) is 18.3 Å². The van der Waals surface area contributed by atoms with Gasteiger partial charge in [0.15, 0.2) is 0 Å². The summed E-state index contributed by atoms with van der Waals surface area (Å²) in [5.74, 6) is -1.06. The summed E-state index contributed by atoms with van der Waals surface area (Å²) in [5, 5.41) is 9.27. The smallest absolute Gasteiger partial charge is 0.322 e. The molecule has 3 rings (SSSR count). The molecule has 1 aromatic rings. The number of sulfonamides is 1. The van der Waals surface area contributed by atoms with Crippen molar-refractivity contribution in [1.29, 1.82) is 0 Å². The molecule has 5 nitrogen and oxygen atoms in total. The fraction of sp³-hybridized carbons (Fsp3) is 0.533. The van der Waals surface area contributed by atoms with Crippen molar-refractivity contribution in [2.24, 2.45) is 0 Å². The van der Waals surface area contributed by atoms with Crippen LogP contribution in [0.15, 0.2) is 23.1 Å². The molecule has 1 aliphatic carbocycles. The summed E-state index contributed by atoms with van der Waals surface area (Å²) < 4.78 is 26.7. The third-order valence-corrected chi connectivity index (χ3v) is 6.32. The number of aryl methyl sites for hydroxylation is 2. The molecular weight excluding hydrogens is 290 g/mol. The zero-order chi connectivity index (χ0) is 15.0. The Morgan fingerprint density at radius 2 is 1.90 bits per heavy atom. The van der Waals surface area contributed by atoms with Gasteiger partial charge in [-0.2, -0.15) is 4.31 Å². The van der Waals surface area contributed by atoms with Gasteiger partial charge in [0.05, 0.1) is 4.90 Å². The molecule has 1 aromatic carbocycles. The van der Waals surface area contributed by atoms with Crippen LogP contribution in [-0.2, 0) is 27.7 Å². The van der Waals surface area contributed by atoms with Crippen molar-refractivity contribution in [3.05, 3.63) is 29.3 Å². The van der Waals surface area contributed by atoms with Crippen LogP contribution >= 0.6 is 0 Å². The molecule has 1 N–H and O–H groups in total. The van der Waals surface area contributed by atoms with Gasteiger partial charge >= 0.3 is 5.97 Å². The maximum absolute atomic E-state index is 12.8. The molecule has 0 spiro atoms. The fourth-order valence-corrected chi connectivity index (χ4v) is 4.99. The number of rotatable bonds is 3. The van der Waals surface area contributed by atoms with Crippen LogP contribution in [0.25, 0.3) is 0 Å². The summed E-state index contributed by atoms with van der Waals surface area (Å²) in [5.41, 5.74) is 2.29. The number of nitrogens with zero attached hydrogens (tertiary/aromatic N) is 1. The second-order valence-corrected chi connectivity index (χ2v) is 7.64. The maximum atomic E-state index is 12.8. The van der Waals surface area contributed by atoms with Gasteiger partial charge < -0.3 is 5.11 Å². The summed E-state index contributed by atoms with van der Waals surface area (Å²) in [6, 6.07) is 4.28. The van der Waals surface area contributed by atoms with E-state index < -0.39 is 22.0 Å². The van der Waals surface area contributed by atoms with E-state index in [4.69, 9.17) is 0 Å². The van der Waals surface area contributed by atoms with Crippen molar-refractivity contribution in [3.8, 4) is 0 Å². The van der Waals surface area contributed by atoms with Crippen LogP contribution in [0.3, 0.4) is 0 Å². The topological polar surface area (TPSA) is 74.7 Å². The third-order valence-electron chi connectivity index (χ3n) is 4.42. The van der Waals surface area contributed by atoms with E-state index in [0.717, 1.165) is 35.6 Å². The van der Waals surface area contributed by atoms with E-state index in [-0.39, 0.29) is 11.4 Å². The number of benzene rings is 1. The molecule has 0 aromatic heterocycles. The van der Waals surface area contributed by atoms with Crippen molar-refractivity contribution >= 4 is 16.0 Å². The van der Waals surface area contributed by atoms with Gasteiger partial charge in [0.25, 0.3) is 0 Å². The van der Waals surface area contributed by atoms with Crippen LogP contribution in [0.4, 0.5) is 0 Å². The Balaban J connectivity index is 1.97. The SMILES string of the molecule is O=C(O)[C@H]1CCCCN1S(=O)(=O)c1ccc2c(c1)CCC2. The summed E-state index contributed by atoms with van der Waals surface area (Å²) in [4.78, 5) is 11.6. The number of hydrogen-bond acceptors (Lipinski definition) is 3. The normalized spacial score (nSPS) is 23.0. The van der Waals surface area contributed by atoms with Gasteiger partial charge in [-0.05, 0) is 61.8 Å². The summed E-state index contributed by atoms with van der Waals surface area (Å²) >= 11 is 0. The zero-order valence-electron chi connectivity index (χ0n) is 11.8. The largest absolute Gasteiger partial charge is 0.480 e. The lowest BCUT2D eigenvalue weighted by molar-refractivity contribution is -0.142. The van der Waals surface area contributed by atoms with Crippen LogP contribution in [0, 0.1) is 0 Å². The van der Waals surface area contributed by atoms with E-state index in [1.807, 2.05) is 6.07 Å². The number of fused-ring (bicyclic) bond motifs is 1. The minimum absolute atomic E-state index is 0.233. The molecule has 0 bridgehead atoms. The highest BCUT2D eigenvalue weighted by Crippen LogP contribution is 2.29. The maximum Gasteiger partial charge on any atom is 0.322 e. The average Bonchev–Trinajstić information content (AvgIpc) is 2.94. The van der Waals surface area contributed by atoms with E-state index in [2.05, 4.69) is 0 Å². The third kappa shape index (κ3) is 2.58. The Bertz CT molecular complexity index is 668. The Hall–Kier alpha value is -1.40. The molecule has 1 saturated heterocycles. The number of hydrogen-bond donors (Lipinski definition) is 1. The van der Waals surface area contributed by atoms with Gasteiger partial charge in [-0.1, -0.05) is 6.07 Å². The number of carbonyl (C=O) groups is 1. The van der Waals surface area contributed by atoms with Gasteiger partial charge in [-0.15, -0.1) is 0 Å². The Kier molecular flexibility index (Phi) is 3.75. The Morgan fingerprint density at radius 1 is 1.14 bits per heavy atom. The first-order valence-electron chi connectivity index (χ1n) is 7.36. The van der Waals surface area contributed by atoms with Crippen LogP contribution in [0.2, 0.25) is 0 Å². The quantitative estimate of drug-likeness (QED) is 0.924. The van der Waals surface area contributed by atoms with Crippen LogP contribution in [-0.4, -0.2) is 36.4 Å². The van der Waals surface area contributed by atoms with Crippen molar-refractivity contribution in [2.45, 2.75) is 49.5 Å². The van der Waals surface area contributed by atoms with Gasteiger partial charge in [0, 0.05) is 6.54 Å². The summed E-state index contributed by atoms with van der Waals surface area (Å²) in [7, 11) is -3.73. The van der Waals surface area contributed by atoms with E-state index in [1.165, 1.54) is 5.56 Å². The highest BCUT2D eigenvalue weighted by molar-refractivity contribution is 7.89. The predicted octanol–water partition coefficient (Wildman–Crippen LogP) is 1.80. The van der Waals surface area contributed by atoms with E-state index in [0.29, 0.717) is 12.8 Å². The predicted molar refractivity (Wildman–Crippen MR) is 77.6 cm³/mol. The van der Waals surface area contributed by atoms with Crippen LogP contribution < -0.4 is 0 Å². The molecule has 0 saturated carbocycles. The Labute approximate surface area is 124 Å². The summed E-state index contributed by atoms with van der Waals surface area (Å²) in [6.45, 7) is 0.288. The lowest BCUT2D eigenvalue weighted by Gasteiger charge is -2.32. The minimum atomic E-state index is -3.73. The van der Waals surface area contributed by atoms with Crippen molar-refractivity contribution in [3.63, 3.8) is 0 Å². The molecule has 1 fully saturated rings. The highest BCUT2D eigenvalue weighted by Gasteiger charge is 2.37. The van der Waals surface area contributed by atoms with Gasteiger partial charge in [-0.25, -0.2) is 8.42 Å². The molecule has 0 unspecified atom stereocenters. The molecule has 0 amide bonds. The van der Waals surface area contributed by atoms with Gasteiger partial charge in [-0.3, -0.25) is 4.79 Å². The average molecular weight is 309 g/mol. The second-order valence-electron chi connectivity index (χ2n) is 5.75. The first-order chi connectivity index (χ1) is 10.00. The van der Waals surface area contributed by atoms with Gasteiger partial charge in [0.1, 0.15) is 6.04 Å². The first-order valence-corrected chi connectivity index (χ1v) is 8.80. The molecule has 6 heteroatoms. The zero-order valence-corrected chi connectivity index (χ0v) is 12.6. The molecule has 1 atom stereocenters. The number of carboxylic acids is 1. The van der Waals surface area contributed by atoms with E-state index >= 15 is 0 Å². The number of carboxylic acid groups (broad SMARTS) is 1. The molecule has 114 valence electrons. The van der Waals surface area contributed by atoms with Crippen molar-refractivity contribution < 1.29 is 18.3 Å². The molecule has 0 radical (unpaired) electrons. The van der Waals surface area contributed by atoms with Gasteiger partial charge in [0.2, 0.25) is 10.0 Å². The number of piperidine rings is 1. The second kappa shape index (κ2) is 5.42. The molecule has 1 aliphatic heterocycles. The van der Waals surface area contributed by atoms with Crippen LogP contribution in [0.1, 0.15) is 36.8 Å². The minimum Gasteiger partial charge on any atom is -0.480 e. The molecule has 21 heavy (non-hydrogen) atoms. The molecular formula is C15H19NO4S. The highest BCUT2D eigenvalue weighted by atomic mass is 32.2. The number of aliphatic carboxylic acids is 1. The Morgan fingerprint density at radius 3 is 2.67 bits per heavy atom. The van der Waals surface area contributed by atoms with Crippen LogP contribution in [0.5, 0.6) is 0 Å². The van der Waals surface area contributed by atoms with Crippen molar-refractivity contribution in [2.75, 3.05) is 6.54 Å². The molecule has 2 aliphatic rings. The lowest BCUT2D eigenvalue weighted by Crippen LogP contribution is -2.47.